The number of oxazole rings is 1. The Hall–Kier alpha value is -4.24. The molecule has 2 aromatic carbocycles. The molecule has 4 bridgehead atoms. The zero-order valence-corrected chi connectivity index (χ0v) is 26.4. The second kappa shape index (κ2) is 10.7. The normalized spacial score (nSPS) is 24.9. The van der Waals surface area contributed by atoms with E-state index >= 15 is 0 Å². The molecule has 234 valence electrons. The van der Waals surface area contributed by atoms with Crippen LogP contribution in [0.15, 0.2) is 58.0 Å². The molecule has 4 aliphatic heterocycles. The lowest BCUT2D eigenvalue weighted by molar-refractivity contribution is -0.141. The number of aromatic nitrogens is 1. The maximum Gasteiger partial charge on any atom is 0.224 e. The Morgan fingerprint density at radius 3 is 2.62 bits per heavy atom. The van der Waals surface area contributed by atoms with Crippen LogP contribution in [0.1, 0.15) is 94.0 Å². The first-order chi connectivity index (χ1) is 21.6. The van der Waals surface area contributed by atoms with E-state index in [9.17, 15) is 14.7 Å². The average molecular weight is 609 g/mol. The number of amides is 1. The molecule has 7 rings (SSSR count). The van der Waals surface area contributed by atoms with Crippen molar-refractivity contribution >= 4 is 28.7 Å². The number of hydrogen-bond acceptors (Lipinski definition) is 8. The summed E-state index contributed by atoms with van der Waals surface area (Å²) in [5, 5.41) is 17.9. The number of para-hydroxylation sites is 1. The molecule has 4 atom stereocenters. The molecule has 3 N–H and O–H groups in total. The van der Waals surface area contributed by atoms with Crippen LogP contribution >= 0.6 is 0 Å². The molecule has 0 saturated heterocycles. The van der Waals surface area contributed by atoms with Crippen LogP contribution in [0.5, 0.6) is 5.75 Å². The van der Waals surface area contributed by atoms with Crippen LogP contribution in [0.3, 0.4) is 0 Å². The van der Waals surface area contributed by atoms with Gasteiger partial charge in [0.05, 0.1) is 6.54 Å². The summed E-state index contributed by atoms with van der Waals surface area (Å²) in [6.45, 7) is 10.1. The van der Waals surface area contributed by atoms with Crippen LogP contribution in [0.2, 0.25) is 0 Å². The van der Waals surface area contributed by atoms with Gasteiger partial charge in [-0.25, -0.2) is 4.98 Å². The first-order valence-electron chi connectivity index (χ1n) is 16.0. The van der Waals surface area contributed by atoms with Crippen molar-refractivity contribution in [1.29, 1.82) is 0 Å². The van der Waals surface area contributed by atoms with Gasteiger partial charge >= 0.3 is 0 Å². The predicted octanol–water partition coefficient (Wildman–Crippen LogP) is 5.51. The van der Waals surface area contributed by atoms with Gasteiger partial charge in [0.25, 0.3) is 0 Å². The van der Waals surface area contributed by atoms with Crippen LogP contribution in [0, 0.1) is 11.8 Å². The molecule has 45 heavy (non-hydrogen) atoms. The average Bonchev–Trinajstić information content (AvgIpc) is 3.79. The molecule has 1 aromatic heterocycles. The number of fused-ring (bicyclic) bond motifs is 4. The number of anilines is 1. The number of benzene rings is 2. The summed E-state index contributed by atoms with van der Waals surface area (Å²) in [6, 6.07) is 13.6. The van der Waals surface area contributed by atoms with Crippen LogP contribution in [0.4, 0.5) is 5.69 Å². The number of rotatable bonds is 7. The number of hydrogen-bond donors (Lipinski definition) is 3. The first-order valence-corrected chi connectivity index (χ1v) is 16.0. The molecule has 3 aromatic rings. The number of Topliss-reactive ketones (excluding diaryl/α,β-unsaturated/α-hetero) is 1. The number of ether oxygens (including phenoxy) is 1. The first kappa shape index (κ1) is 29.5. The van der Waals surface area contributed by atoms with Gasteiger partial charge in [-0.15, -0.1) is 0 Å². The van der Waals surface area contributed by atoms with Crippen molar-refractivity contribution in [3.63, 3.8) is 0 Å². The highest BCUT2D eigenvalue weighted by atomic mass is 16.5. The van der Waals surface area contributed by atoms with E-state index in [1.165, 1.54) is 0 Å². The topological polar surface area (TPSA) is 126 Å². The lowest BCUT2D eigenvalue weighted by Crippen LogP contribution is -2.43. The lowest BCUT2D eigenvalue weighted by Gasteiger charge is -2.29. The van der Waals surface area contributed by atoms with Gasteiger partial charge in [-0.2, -0.15) is 0 Å². The van der Waals surface area contributed by atoms with Crippen molar-refractivity contribution < 1.29 is 23.8 Å². The summed E-state index contributed by atoms with van der Waals surface area (Å²) in [4.78, 5) is 37.3. The Balaban J connectivity index is 1.46. The van der Waals surface area contributed by atoms with Crippen molar-refractivity contribution in [2.24, 2.45) is 16.8 Å². The van der Waals surface area contributed by atoms with Crippen molar-refractivity contribution in [1.82, 2.24) is 10.3 Å². The van der Waals surface area contributed by atoms with E-state index in [0.717, 1.165) is 39.4 Å². The SMILES string of the molecule is CCC(O)(CC)C(=O)CC1Cc2ccc3c(c2)C2(c4ccccc4N[C@H]2O3)c2oc(nc2C2=CC(C)=NC2)[C@H](C(C)C)NC1=O. The fourth-order valence-corrected chi connectivity index (χ4v) is 7.39. The Bertz CT molecular complexity index is 1770. The minimum absolute atomic E-state index is 0.0677. The van der Waals surface area contributed by atoms with Crippen molar-refractivity contribution in [3.8, 4) is 5.75 Å². The summed E-state index contributed by atoms with van der Waals surface area (Å²) in [5.74, 6) is 0.432. The fraction of sp³-hybridized carbons (Fsp3) is 0.444. The van der Waals surface area contributed by atoms with Gasteiger partial charge in [-0.3, -0.25) is 14.6 Å². The molecule has 0 radical (unpaired) electrons. The van der Waals surface area contributed by atoms with Gasteiger partial charge in [0, 0.05) is 34.9 Å². The largest absolute Gasteiger partial charge is 0.469 e. The number of aliphatic imine (C=N–C) groups is 1. The number of aliphatic hydroxyl groups is 1. The third-order valence-electron chi connectivity index (χ3n) is 10.1. The smallest absolute Gasteiger partial charge is 0.224 e. The zero-order chi connectivity index (χ0) is 31.7. The third kappa shape index (κ3) is 4.46. The van der Waals surface area contributed by atoms with E-state index in [1.54, 1.807) is 13.8 Å². The number of nitrogens with one attached hydrogen (secondary N) is 2. The monoisotopic (exact) mass is 608 g/mol. The molecule has 0 fully saturated rings. The predicted molar refractivity (Wildman–Crippen MR) is 171 cm³/mol. The molecule has 4 aliphatic rings. The maximum absolute atomic E-state index is 14.1. The summed E-state index contributed by atoms with van der Waals surface area (Å²) in [5.41, 5.74) is 4.05. The van der Waals surface area contributed by atoms with E-state index in [-0.39, 0.29) is 24.0 Å². The Morgan fingerprint density at radius 2 is 1.91 bits per heavy atom. The zero-order valence-electron chi connectivity index (χ0n) is 26.4. The van der Waals surface area contributed by atoms with Crippen molar-refractivity contribution in [3.05, 3.63) is 82.6 Å². The number of allylic oxidation sites excluding steroid dienone is 1. The van der Waals surface area contributed by atoms with Gasteiger partial charge in [-0.05, 0) is 61.4 Å². The summed E-state index contributed by atoms with van der Waals surface area (Å²) >= 11 is 0. The minimum Gasteiger partial charge on any atom is -0.469 e. The molecule has 1 amide bonds. The van der Waals surface area contributed by atoms with E-state index in [1.807, 2.05) is 57.2 Å². The number of carbonyl (C=O) groups is 2. The van der Waals surface area contributed by atoms with Crippen LogP contribution in [-0.2, 0) is 21.4 Å². The minimum atomic E-state index is -1.47. The van der Waals surface area contributed by atoms with E-state index in [0.29, 0.717) is 43.2 Å². The van der Waals surface area contributed by atoms with Crippen LogP contribution < -0.4 is 15.4 Å². The van der Waals surface area contributed by atoms with E-state index < -0.39 is 29.2 Å². The van der Waals surface area contributed by atoms with Crippen LogP contribution in [0.25, 0.3) is 5.57 Å². The highest BCUT2D eigenvalue weighted by Gasteiger charge is 2.61. The highest BCUT2D eigenvalue weighted by molar-refractivity contribution is 6.03. The second-order valence-corrected chi connectivity index (χ2v) is 13.2. The third-order valence-corrected chi connectivity index (χ3v) is 10.1. The van der Waals surface area contributed by atoms with Crippen molar-refractivity contribution in [2.45, 2.75) is 83.6 Å². The standard InChI is InChI=1S/C36H40N4O5/c1-6-35(43,7-2)28(41)17-22-15-21-12-13-27-25(16-21)36(24-10-8-9-11-26(24)38-34(36)44-27)31-30(23-14-20(5)37-18-23)40-33(45-31)29(19(3)4)39-32(22)42/h8-14,16,19,22,29,34,38,43H,6-7,15,17-18H2,1-5H3,(H,39,42)/t22?,29-,34-,36?/m0/s1. The number of nitrogens with zero attached hydrogens (tertiary/aromatic N) is 2. The number of ketones is 1. The molecule has 1 spiro atoms. The molecular formula is C36H40N4O5. The second-order valence-electron chi connectivity index (χ2n) is 13.2. The lowest BCUT2D eigenvalue weighted by atomic mass is 9.72. The van der Waals surface area contributed by atoms with Crippen LogP contribution in [-0.4, -0.2) is 45.9 Å². The van der Waals surface area contributed by atoms with E-state index in [2.05, 4.69) is 27.8 Å². The Labute approximate surface area is 263 Å². The van der Waals surface area contributed by atoms with Gasteiger partial charge in [0.1, 0.15) is 28.5 Å². The molecule has 9 nitrogen and oxygen atoms in total. The van der Waals surface area contributed by atoms with Gasteiger partial charge in [0.2, 0.25) is 11.8 Å². The highest BCUT2D eigenvalue weighted by Crippen LogP contribution is 2.59. The summed E-state index contributed by atoms with van der Waals surface area (Å²) in [7, 11) is 0. The van der Waals surface area contributed by atoms with Gasteiger partial charge in [0.15, 0.2) is 17.8 Å². The molecule has 9 heteroatoms. The molecule has 0 aliphatic carbocycles. The van der Waals surface area contributed by atoms with Crippen molar-refractivity contribution in [2.75, 3.05) is 11.9 Å². The summed E-state index contributed by atoms with van der Waals surface area (Å²) < 4.78 is 13.6. The van der Waals surface area contributed by atoms with Gasteiger partial charge in [-0.1, -0.05) is 58.0 Å². The molecule has 5 heterocycles. The quantitative estimate of drug-likeness (QED) is 0.323. The number of carbonyl (C=O) groups excluding carboxylic acids is 2. The molecule has 2 unspecified atom stereocenters. The summed E-state index contributed by atoms with van der Waals surface area (Å²) in [6.07, 6.45) is 2.39. The molecule has 0 saturated carbocycles. The van der Waals surface area contributed by atoms with E-state index in [4.69, 9.17) is 14.1 Å². The Kier molecular flexibility index (Phi) is 7.00. The fourth-order valence-electron chi connectivity index (χ4n) is 7.39. The molecular weight excluding hydrogens is 568 g/mol. The van der Waals surface area contributed by atoms with Gasteiger partial charge < -0.3 is 24.9 Å². The Morgan fingerprint density at radius 1 is 1.13 bits per heavy atom. The maximum atomic E-state index is 14.1.